The second-order valence-electron chi connectivity index (χ2n) is 9.65. The number of carboxylic acid groups (broad SMARTS) is 1. The van der Waals surface area contributed by atoms with E-state index in [2.05, 4.69) is 24.1 Å². The third-order valence-electron chi connectivity index (χ3n) is 8.36. The fraction of sp³-hybridized carbons (Fsp3) is 0.708. The number of allylic oxidation sites excluding steroid dienone is 2. The quantitative estimate of drug-likeness (QED) is 0.428. The molecule has 162 valence electrons. The summed E-state index contributed by atoms with van der Waals surface area (Å²) in [4.78, 5) is 27.4. The zero-order valence-corrected chi connectivity index (χ0v) is 17.9. The summed E-state index contributed by atoms with van der Waals surface area (Å²) in [6.45, 7) is 3.31. The molecule has 0 aromatic carbocycles. The highest BCUT2D eigenvalue weighted by atomic mass is 16.6. The summed E-state index contributed by atoms with van der Waals surface area (Å²) in [5.41, 5.74) is 1.37. The van der Waals surface area contributed by atoms with Crippen LogP contribution in [0.1, 0.15) is 65.2 Å². The van der Waals surface area contributed by atoms with Crippen molar-refractivity contribution in [3.8, 4) is 12.3 Å². The third kappa shape index (κ3) is 3.33. The molecule has 30 heavy (non-hydrogen) atoms. The van der Waals surface area contributed by atoms with Crippen LogP contribution in [-0.4, -0.2) is 35.0 Å². The Bertz CT molecular complexity index is 839. The largest absolute Gasteiger partial charge is 0.479 e. The number of nitrogens with zero attached hydrogens (tertiary/aromatic N) is 1. The summed E-state index contributed by atoms with van der Waals surface area (Å²) in [7, 11) is 0. The maximum Gasteiger partial charge on any atom is 0.344 e. The van der Waals surface area contributed by atoms with Crippen LogP contribution in [0.5, 0.6) is 0 Å². The number of hydrogen-bond acceptors (Lipinski definition) is 5. The highest BCUT2D eigenvalue weighted by molar-refractivity contribution is 5.96. The van der Waals surface area contributed by atoms with Crippen molar-refractivity contribution < 1.29 is 24.3 Å². The molecule has 0 aromatic rings. The average molecular weight is 414 g/mol. The molecule has 0 spiro atoms. The van der Waals surface area contributed by atoms with Gasteiger partial charge in [-0.05, 0) is 81.1 Å². The van der Waals surface area contributed by atoms with Crippen LogP contribution in [0.25, 0.3) is 0 Å². The van der Waals surface area contributed by atoms with Crippen molar-refractivity contribution in [3.05, 3.63) is 11.6 Å². The molecular weight excluding hydrogens is 382 g/mol. The van der Waals surface area contributed by atoms with Crippen LogP contribution in [0.4, 0.5) is 0 Å². The second kappa shape index (κ2) is 7.76. The van der Waals surface area contributed by atoms with E-state index in [1.165, 1.54) is 12.5 Å². The fourth-order valence-corrected chi connectivity index (χ4v) is 7.11. The van der Waals surface area contributed by atoms with E-state index < -0.39 is 18.2 Å². The number of carboxylic acids is 1. The molecule has 0 amide bonds. The summed E-state index contributed by atoms with van der Waals surface area (Å²) in [5, 5.41) is 12.7. The van der Waals surface area contributed by atoms with Crippen LogP contribution in [0.15, 0.2) is 16.8 Å². The Labute approximate surface area is 178 Å². The van der Waals surface area contributed by atoms with Crippen molar-refractivity contribution in [1.82, 2.24) is 0 Å². The van der Waals surface area contributed by atoms with E-state index in [9.17, 15) is 9.59 Å². The monoisotopic (exact) mass is 413 g/mol. The predicted octanol–water partition coefficient (Wildman–Crippen LogP) is 3.95. The normalized spacial score (nSPS) is 41.0. The van der Waals surface area contributed by atoms with E-state index in [-0.39, 0.29) is 11.4 Å². The maximum absolute atomic E-state index is 11.8. The molecule has 0 heterocycles. The van der Waals surface area contributed by atoms with E-state index in [1.54, 1.807) is 0 Å². The van der Waals surface area contributed by atoms with Gasteiger partial charge in [-0.15, -0.1) is 6.42 Å². The Hall–Kier alpha value is -2.29. The van der Waals surface area contributed by atoms with Crippen molar-refractivity contribution in [2.75, 3.05) is 6.61 Å². The number of carbonyl (C=O) groups excluding carboxylic acids is 1. The van der Waals surface area contributed by atoms with Crippen LogP contribution < -0.4 is 0 Å². The lowest BCUT2D eigenvalue weighted by Gasteiger charge is -2.55. The first kappa shape index (κ1) is 21.0. The number of hydrogen-bond donors (Lipinski definition) is 1. The number of carbonyl (C=O) groups is 2. The lowest BCUT2D eigenvalue weighted by molar-refractivity contribution is -0.167. The number of aliphatic carboxylic acids is 1. The molecule has 3 saturated carbocycles. The SMILES string of the molecule is C#C[C@]1(OC(C)=O)CC[C@H]2[C@@H]3CCC4=C/C(=N/OCC(=O)O)CC[C@@H]4[C@H]3CC[C@@]21C. The van der Waals surface area contributed by atoms with Gasteiger partial charge in [-0.2, -0.15) is 0 Å². The van der Waals surface area contributed by atoms with Crippen LogP contribution >= 0.6 is 0 Å². The number of oxime groups is 1. The van der Waals surface area contributed by atoms with Gasteiger partial charge in [0.05, 0.1) is 5.71 Å². The lowest BCUT2D eigenvalue weighted by Crippen LogP contribution is -2.53. The minimum absolute atomic E-state index is 0.151. The average Bonchev–Trinajstić information content (AvgIpc) is 2.99. The van der Waals surface area contributed by atoms with Gasteiger partial charge in [-0.25, -0.2) is 4.79 Å². The Morgan fingerprint density at radius 1 is 1.23 bits per heavy atom. The van der Waals surface area contributed by atoms with Crippen LogP contribution in [-0.2, 0) is 19.2 Å². The van der Waals surface area contributed by atoms with Gasteiger partial charge in [-0.3, -0.25) is 4.79 Å². The van der Waals surface area contributed by atoms with Gasteiger partial charge in [0.2, 0.25) is 6.61 Å². The topological polar surface area (TPSA) is 85.2 Å². The zero-order chi connectivity index (χ0) is 21.5. The Morgan fingerprint density at radius 2 is 2.03 bits per heavy atom. The lowest BCUT2D eigenvalue weighted by atomic mass is 9.50. The predicted molar refractivity (Wildman–Crippen MR) is 111 cm³/mol. The summed E-state index contributed by atoms with van der Waals surface area (Å²) < 4.78 is 5.82. The molecule has 6 nitrogen and oxygen atoms in total. The molecule has 4 aliphatic rings. The maximum atomic E-state index is 11.8. The van der Waals surface area contributed by atoms with Gasteiger partial charge < -0.3 is 14.7 Å². The molecular formula is C24H31NO5. The van der Waals surface area contributed by atoms with Crippen molar-refractivity contribution in [3.63, 3.8) is 0 Å². The van der Waals surface area contributed by atoms with Crippen LogP contribution in [0.3, 0.4) is 0 Å². The molecule has 0 aliphatic heterocycles. The van der Waals surface area contributed by atoms with E-state index in [0.717, 1.165) is 57.1 Å². The molecule has 0 bridgehead atoms. The molecule has 0 saturated heterocycles. The van der Waals surface area contributed by atoms with Crippen molar-refractivity contribution in [1.29, 1.82) is 0 Å². The molecule has 0 aromatic heterocycles. The molecule has 3 fully saturated rings. The number of fused-ring (bicyclic) bond motifs is 5. The van der Waals surface area contributed by atoms with Crippen LogP contribution in [0.2, 0.25) is 0 Å². The third-order valence-corrected chi connectivity index (χ3v) is 8.36. The minimum Gasteiger partial charge on any atom is -0.479 e. The van der Waals surface area contributed by atoms with Gasteiger partial charge >= 0.3 is 11.9 Å². The zero-order valence-electron chi connectivity index (χ0n) is 17.9. The molecule has 6 heteroatoms. The van der Waals surface area contributed by atoms with Crippen molar-refractivity contribution in [2.24, 2.45) is 34.2 Å². The van der Waals surface area contributed by atoms with Crippen molar-refractivity contribution >= 4 is 17.7 Å². The van der Waals surface area contributed by atoms with E-state index in [1.807, 2.05) is 0 Å². The first-order valence-electron chi connectivity index (χ1n) is 11.1. The minimum atomic E-state index is -1.01. The summed E-state index contributed by atoms with van der Waals surface area (Å²) in [5.74, 6) is 3.90. The number of ether oxygens (including phenoxy) is 1. The molecule has 6 atom stereocenters. The van der Waals surface area contributed by atoms with Gasteiger partial charge in [0, 0.05) is 12.3 Å². The highest BCUT2D eigenvalue weighted by Crippen LogP contribution is 2.65. The van der Waals surface area contributed by atoms with Crippen molar-refractivity contribution in [2.45, 2.75) is 70.8 Å². The Balaban J connectivity index is 1.52. The smallest absolute Gasteiger partial charge is 0.344 e. The molecule has 1 N–H and O–H groups in total. The first-order valence-corrected chi connectivity index (χ1v) is 11.1. The van der Waals surface area contributed by atoms with E-state index >= 15 is 0 Å². The highest BCUT2D eigenvalue weighted by Gasteiger charge is 2.64. The molecule has 0 unspecified atom stereocenters. The van der Waals surface area contributed by atoms with Gasteiger partial charge in [0.25, 0.3) is 0 Å². The standard InChI is InChI=1S/C24H31NO5/c1-4-24(30-15(2)26)12-10-21-20-7-5-16-13-17(25-29-14-22(27)28)6-8-18(16)19(20)9-11-23(21,24)3/h1,13,18-21H,5-12,14H2,2-3H3,(H,27,28)/b25-17+/t18-,19+,20+,21-,23-,24-/m0/s1. The second-order valence-corrected chi connectivity index (χ2v) is 9.65. The van der Waals surface area contributed by atoms with Gasteiger partial charge in [0.15, 0.2) is 5.60 Å². The number of esters is 1. The van der Waals surface area contributed by atoms with Gasteiger partial charge in [0.1, 0.15) is 0 Å². The molecule has 0 radical (unpaired) electrons. The molecule has 4 rings (SSSR count). The Morgan fingerprint density at radius 3 is 2.73 bits per heavy atom. The van der Waals surface area contributed by atoms with E-state index in [4.69, 9.17) is 21.1 Å². The van der Waals surface area contributed by atoms with E-state index in [0.29, 0.717) is 23.7 Å². The summed E-state index contributed by atoms with van der Waals surface area (Å²) in [6.07, 6.45) is 16.0. The summed E-state index contributed by atoms with van der Waals surface area (Å²) >= 11 is 0. The van der Waals surface area contributed by atoms with Crippen LogP contribution in [0, 0.1) is 41.4 Å². The molecule has 4 aliphatic carbocycles. The Kier molecular flexibility index (Phi) is 5.42. The number of terminal acetylenes is 1. The number of rotatable bonds is 4. The summed E-state index contributed by atoms with van der Waals surface area (Å²) in [6, 6.07) is 0. The fourth-order valence-electron chi connectivity index (χ4n) is 7.11. The van der Waals surface area contributed by atoms with Gasteiger partial charge in [-0.1, -0.05) is 23.6 Å². The first-order chi connectivity index (χ1) is 14.3.